The van der Waals surface area contributed by atoms with Crippen molar-refractivity contribution in [2.24, 2.45) is 5.92 Å². The molecular formula is C12H15NO3. The van der Waals surface area contributed by atoms with Gasteiger partial charge in [0, 0.05) is 11.6 Å². The van der Waals surface area contributed by atoms with Crippen molar-refractivity contribution in [1.82, 2.24) is 0 Å². The Hall–Kier alpha value is -1.42. The van der Waals surface area contributed by atoms with E-state index in [1.165, 1.54) is 6.07 Å². The summed E-state index contributed by atoms with van der Waals surface area (Å²) in [6.45, 7) is 0. The molecule has 1 fully saturated rings. The maximum absolute atomic E-state index is 10.8. The van der Waals surface area contributed by atoms with Gasteiger partial charge in [-0.3, -0.25) is 10.1 Å². The molecule has 2 atom stereocenters. The highest BCUT2D eigenvalue weighted by atomic mass is 16.6. The molecule has 1 saturated carbocycles. The van der Waals surface area contributed by atoms with Gasteiger partial charge in [0.25, 0.3) is 5.69 Å². The third kappa shape index (κ3) is 2.22. The number of hydrogen-bond acceptors (Lipinski definition) is 3. The molecule has 1 aromatic carbocycles. The van der Waals surface area contributed by atoms with E-state index in [0.29, 0.717) is 6.42 Å². The number of hydrogen-bond donors (Lipinski definition) is 1. The van der Waals surface area contributed by atoms with Crippen molar-refractivity contribution >= 4 is 5.69 Å². The molecular weight excluding hydrogens is 206 g/mol. The molecule has 1 aliphatic rings. The van der Waals surface area contributed by atoms with E-state index in [1.54, 1.807) is 12.1 Å². The number of aliphatic hydroxyl groups is 1. The molecule has 1 N–H and O–H groups in total. The lowest BCUT2D eigenvalue weighted by atomic mass is 9.95. The summed E-state index contributed by atoms with van der Waals surface area (Å²) < 4.78 is 0. The van der Waals surface area contributed by atoms with E-state index >= 15 is 0 Å². The molecule has 86 valence electrons. The average molecular weight is 221 g/mol. The highest BCUT2D eigenvalue weighted by Gasteiger charge is 2.27. The topological polar surface area (TPSA) is 63.4 Å². The van der Waals surface area contributed by atoms with E-state index in [1.807, 2.05) is 6.07 Å². The Kier molecular flexibility index (Phi) is 3.19. The first-order chi connectivity index (χ1) is 7.68. The molecule has 0 aromatic heterocycles. The van der Waals surface area contributed by atoms with Gasteiger partial charge < -0.3 is 5.11 Å². The van der Waals surface area contributed by atoms with Gasteiger partial charge in [0.05, 0.1) is 11.0 Å². The first-order valence-corrected chi connectivity index (χ1v) is 5.59. The molecule has 1 aliphatic carbocycles. The Balaban J connectivity index is 2.17. The smallest absolute Gasteiger partial charge is 0.272 e. The quantitative estimate of drug-likeness (QED) is 0.629. The van der Waals surface area contributed by atoms with Crippen molar-refractivity contribution in [2.45, 2.75) is 31.8 Å². The van der Waals surface area contributed by atoms with E-state index in [-0.39, 0.29) is 22.6 Å². The van der Waals surface area contributed by atoms with Crippen LogP contribution in [0.4, 0.5) is 5.69 Å². The van der Waals surface area contributed by atoms with Gasteiger partial charge in [-0.15, -0.1) is 0 Å². The highest BCUT2D eigenvalue weighted by molar-refractivity contribution is 5.40. The fourth-order valence-corrected chi connectivity index (χ4v) is 2.40. The summed E-state index contributed by atoms with van der Waals surface area (Å²) in [6.07, 6.45) is 3.13. The molecule has 0 radical (unpaired) electrons. The predicted octanol–water partition coefficient (Wildman–Crippen LogP) is 2.30. The highest BCUT2D eigenvalue weighted by Crippen LogP contribution is 2.31. The molecule has 4 nitrogen and oxygen atoms in total. The molecule has 0 heterocycles. The van der Waals surface area contributed by atoms with Crippen LogP contribution in [0, 0.1) is 16.0 Å². The van der Waals surface area contributed by atoms with Crippen LogP contribution in [0.2, 0.25) is 0 Å². The van der Waals surface area contributed by atoms with Crippen LogP contribution in [-0.4, -0.2) is 16.1 Å². The number of aliphatic hydroxyl groups excluding tert-OH is 1. The van der Waals surface area contributed by atoms with Crippen molar-refractivity contribution in [3.05, 3.63) is 39.9 Å². The monoisotopic (exact) mass is 221 g/mol. The molecule has 16 heavy (non-hydrogen) atoms. The van der Waals surface area contributed by atoms with Crippen molar-refractivity contribution in [3.63, 3.8) is 0 Å². The lowest BCUT2D eigenvalue weighted by Crippen LogP contribution is -2.16. The minimum Gasteiger partial charge on any atom is -0.393 e. The van der Waals surface area contributed by atoms with E-state index < -0.39 is 0 Å². The van der Waals surface area contributed by atoms with Gasteiger partial charge in [0.1, 0.15) is 0 Å². The van der Waals surface area contributed by atoms with Gasteiger partial charge in [-0.1, -0.05) is 24.6 Å². The molecule has 0 spiro atoms. The maximum Gasteiger partial charge on any atom is 0.272 e. The second kappa shape index (κ2) is 4.61. The molecule has 0 bridgehead atoms. The summed E-state index contributed by atoms with van der Waals surface area (Å²) in [5, 5.41) is 20.5. The Morgan fingerprint density at radius 1 is 1.38 bits per heavy atom. The minimum atomic E-state index is -0.351. The number of para-hydroxylation sites is 1. The number of nitrogens with zero attached hydrogens (tertiary/aromatic N) is 1. The summed E-state index contributed by atoms with van der Waals surface area (Å²) in [7, 11) is 0. The number of rotatable bonds is 3. The fraction of sp³-hybridized carbons (Fsp3) is 0.500. The summed E-state index contributed by atoms with van der Waals surface area (Å²) >= 11 is 0. The standard InChI is InChI=1S/C12H15NO3/c14-12-7-3-5-10(12)8-9-4-1-2-6-11(9)13(15)16/h1-2,4,6,10,12,14H,3,5,7-8H2. The van der Waals surface area contributed by atoms with Crippen LogP contribution in [0.3, 0.4) is 0 Å². The molecule has 0 saturated heterocycles. The first-order valence-electron chi connectivity index (χ1n) is 5.59. The minimum absolute atomic E-state index is 0.168. The third-order valence-corrected chi connectivity index (χ3v) is 3.29. The largest absolute Gasteiger partial charge is 0.393 e. The van der Waals surface area contributed by atoms with Crippen molar-refractivity contribution in [2.75, 3.05) is 0 Å². The Morgan fingerprint density at radius 2 is 2.12 bits per heavy atom. The van der Waals surface area contributed by atoms with Gasteiger partial charge in [0.15, 0.2) is 0 Å². The number of nitro groups is 1. The molecule has 0 aliphatic heterocycles. The zero-order chi connectivity index (χ0) is 11.5. The van der Waals surface area contributed by atoms with Gasteiger partial charge in [0.2, 0.25) is 0 Å². The third-order valence-electron chi connectivity index (χ3n) is 3.29. The zero-order valence-corrected chi connectivity index (χ0v) is 9.00. The normalized spacial score (nSPS) is 24.6. The Bertz CT molecular complexity index is 392. The van der Waals surface area contributed by atoms with Gasteiger partial charge in [-0.2, -0.15) is 0 Å². The summed E-state index contributed by atoms with van der Waals surface area (Å²) in [4.78, 5) is 10.5. The van der Waals surface area contributed by atoms with Gasteiger partial charge in [-0.05, 0) is 25.2 Å². The summed E-state index contributed by atoms with van der Waals surface area (Å²) in [5.74, 6) is 0.182. The van der Waals surface area contributed by atoms with Crippen LogP contribution in [0.5, 0.6) is 0 Å². The Labute approximate surface area is 94.1 Å². The molecule has 2 unspecified atom stereocenters. The van der Waals surface area contributed by atoms with Crippen LogP contribution in [0.25, 0.3) is 0 Å². The summed E-state index contributed by atoms with van der Waals surface area (Å²) in [5.41, 5.74) is 0.903. The number of benzene rings is 1. The zero-order valence-electron chi connectivity index (χ0n) is 9.00. The second-order valence-electron chi connectivity index (χ2n) is 4.35. The lowest BCUT2D eigenvalue weighted by Gasteiger charge is -2.13. The van der Waals surface area contributed by atoms with Crippen LogP contribution in [0.15, 0.2) is 24.3 Å². The first kappa shape index (κ1) is 11.1. The fourth-order valence-electron chi connectivity index (χ4n) is 2.40. The molecule has 2 rings (SSSR count). The van der Waals surface area contributed by atoms with E-state index in [9.17, 15) is 15.2 Å². The van der Waals surface area contributed by atoms with Gasteiger partial charge in [-0.25, -0.2) is 0 Å². The predicted molar refractivity (Wildman–Crippen MR) is 60.1 cm³/mol. The van der Waals surface area contributed by atoms with E-state index in [0.717, 1.165) is 24.8 Å². The second-order valence-corrected chi connectivity index (χ2v) is 4.35. The van der Waals surface area contributed by atoms with Crippen molar-refractivity contribution in [3.8, 4) is 0 Å². The molecule has 1 aromatic rings. The van der Waals surface area contributed by atoms with Crippen LogP contribution in [-0.2, 0) is 6.42 Å². The molecule has 4 heteroatoms. The number of nitro benzene ring substituents is 1. The van der Waals surface area contributed by atoms with E-state index in [2.05, 4.69) is 0 Å². The van der Waals surface area contributed by atoms with Gasteiger partial charge >= 0.3 is 0 Å². The lowest BCUT2D eigenvalue weighted by molar-refractivity contribution is -0.385. The van der Waals surface area contributed by atoms with Crippen LogP contribution >= 0.6 is 0 Å². The average Bonchev–Trinajstić information content (AvgIpc) is 2.65. The van der Waals surface area contributed by atoms with Crippen molar-refractivity contribution in [1.29, 1.82) is 0 Å². The SMILES string of the molecule is O=[N+]([O-])c1ccccc1CC1CCCC1O. The maximum atomic E-state index is 10.8. The Morgan fingerprint density at radius 3 is 2.75 bits per heavy atom. The summed E-state index contributed by atoms with van der Waals surface area (Å²) in [6, 6.07) is 6.79. The van der Waals surface area contributed by atoms with Crippen LogP contribution in [0.1, 0.15) is 24.8 Å². The molecule has 0 amide bonds. The van der Waals surface area contributed by atoms with Crippen molar-refractivity contribution < 1.29 is 10.0 Å². The van der Waals surface area contributed by atoms with Crippen LogP contribution < -0.4 is 0 Å². The van der Waals surface area contributed by atoms with E-state index in [4.69, 9.17) is 0 Å².